The standard InChI is InChI=1S/C19H21ClFNO/c1-23-18-8-7-16(20)13-17(18)19(21)9-11-22(12-10-19)14-15-5-3-2-4-6-15/h2-8,13H,9-12,14H2,1H3. The van der Waals surface area contributed by atoms with Crippen molar-refractivity contribution in [3.8, 4) is 5.75 Å². The molecule has 2 aromatic rings. The molecule has 0 amide bonds. The van der Waals surface area contributed by atoms with E-state index in [1.807, 2.05) is 18.2 Å². The number of hydrogen-bond acceptors (Lipinski definition) is 2. The van der Waals surface area contributed by atoms with Crippen molar-refractivity contribution in [1.29, 1.82) is 0 Å². The predicted molar refractivity (Wildman–Crippen MR) is 91.7 cm³/mol. The second-order valence-corrected chi connectivity index (χ2v) is 6.51. The van der Waals surface area contributed by atoms with Gasteiger partial charge in [-0.2, -0.15) is 0 Å². The maximum atomic E-state index is 15.5. The van der Waals surface area contributed by atoms with E-state index in [9.17, 15) is 0 Å². The first-order valence-corrected chi connectivity index (χ1v) is 8.28. The van der Waals surface area contributed by atoms with Crippen LogP contribution < -0.4 is 4.74 Å². The van der Waals surface area contributed by atoms with Crippen LogP contribution in [0.25, 0.3) is 0 Å². The summed E-state index contributed by atoms with van der Waals surface area (Å²) in [6, 6.07) is 15.5. The van der Waals surface area contributed by atoms with Gasteiger partial charge in [0.25, 0.3) is 0 Å². The third kappa shape index (κ3) is 3.67. The summed E-state index contributed by atoms with van der Waals surface area (Å²) in [5.74, 6) is 0.577. The van der Waals surface area contributed by atoms with Gasteiger partial charge in [-0.1, -0.05) is 41.9 Å². The number of nitrogens with zero attached hydrogens (tertiary/aromatic N) is 1. The van der Waals surface area contributed by atoms with Crippen molar-refractivity contribution in [1.82, 2.24) is 4.90 Å². The molecule has 2 nitrogen and oxygen atoms in total. The minimum Gasteiger partial charge on any atom is -0.496 e. The van der Waals surface area contributed by atoms with Gasteiger partial charge in [-0.05, 0) is 36.6 Å². The van der Waals surface area contributed by atoms with Crippen molar-refractivity contribution >= 4 is 11.6 Å². The van der Waals surface area contributed by atoms with Crippen LogP contribution in [-0.4, -0.2) is 25.1 Å². The average Bonchev–Trinajstić information content (AvgIpc) is 2.58. The minimum absolute atomic E-state index is 0.455. The van der Waals surface area contributed by atoms with Crippen LogP contribution in [0.4, 0.5) is 4.39 Å². The van der Waals surface area contributed by atoms with Gasteiger partial charge in [0.15, 0.2) is 0 Å². The Balaban J connectivity index is 1.71. The van der Waals surface area contributed by atoms with E-state index in [4.69, 9.17) is 16.3 Å². The van der Waals surface area contributed by atoms with Crippen molar-refractivity contribution in [2.45, 2.75) is 25.1 Å². The summed E-state index contributed by atoms with van der Waals surface area (Å²) in [5, 5.41) is 0.546. The lowest BCUT2D eigenvalue weighted by atomic mass is 9.85. The van der Waals surface area contributed by atoms with Gasteiger partial charge in [-0.25, -0.2) is 4.39 Å². The number of halogens is 2. The Labute approximate surface area is 141 Å². The van der Waals surface area contributed by atoms with Crippen molar-refractivity contribution < 1.29 is 9.13 Å². The van der Waals surface area contributed by atoms with E-state index < -0.39 is 5.67 Å². The topological polar surface area (TPSA) is 12.5 Å². The molecule has 0 aromatic heterocycles. The molecule has 1 saturated heterocycles. The molecule has 0 radical (unpaired) electrons. The highest BCUT2D eigenvalue weighted by atomic mass is 35.5. The maximum Gasteiger partial charge on any atom is 0.142 e. The average molecular weight is 334 g/mol. The molecule has 0 bridgehead atoms. The molecule has 4 heteroatoms. The first-order chi connectivity index (χ1) is 11.1. The number of hydrogen-bond donors (Lipinski definition) is 0. The zero-order valence-electron chi connectivity index (χ0n) is 13.3. The van der Waals surface area contributed by atoms with E-state index >= 15 is 4.39 Å². The number of benzene rings is 2. The second-order valence-electron chi connectivity index (χ2n) is 6.07. The number of rotatable bonds is 4. The monoisotopic (exact) mass is 333 g/mol. The van der Waals surface area contributed by atoms with Crippen LogP contribution in [-0.2, 0) is 12.2 Å². The highest BCUT2D eigenvalue weighted by Crippen LogP contribution is 2.42. The highest BCUT2D eigenvalue weighted by molar-refractivity contribution is 6.30. The fourth-order valence-electron chi connectivity index (χ4n) is 3.21. The van der Waals surface area contributed by atoms with Crippen LogP contribution in [0, 0.1) is 0 Å². The van der Waals surface area contributed by atoms with Gasteiger partial charge in [0.2, 0.25) is 0 Å². The number of ether oxygens (including phenoxy) is 1. The molecule has 2 aromatic carbocycles. The van der Waals surface area contributed by atoms with Gasteiger partial charge in [0.1, 0.15) is 11.4 Å². The van der Waals surface area contributed by atoms with Crippen molar-refractivity contribution in [2.75, 3.05) is 20.2 Å². The molecule has 23 heavy (non-hydrogen) atoms. The zero-order chi connectivity index (χ0) is 16.3. The first kappa shape index (κ1) is 16.3. The third-order valence-corrected chi connectivity index (χ3v) is 4.78. The van der Waals surface area contributed by atoms with E-state index in [0.29, 0.717) is 29.2 Å². The Kier molecular flexibility index (Phi) is 4.88. The molecule has 0 N–H and O–H groups in total. The Morgan fingerprint density at radius 2 is 1.83 bits per heavy atom. The maximum absolute atomic E-state index is 15.5. The SMILES string of the molecule is COc1ccc(Cl)cc1C1(F)CCN(Cc2ccccc2)CC1. The Bertz CT molecular complexity index is 654. The largest absolute Gasteiger partial charge is 0.496 e. The van der Waals surface area contributed by atoms with Gasteiger partial charge < -0.3 is 4.74 Å². The van der Waals surface area contributed by atoms with Gasteiger partial charge in [0.05, 0.1) is 7.11 Å². The van der Waals surface area contributed by atoms with Gasteiger partial charge in [0, 0.05) is 30.2 Å². The van der Waals surface area contributed by atoms with Crippen molar-refractivity contribution in [3.05, 3.63) is 64.7 Å². The lowest BCUT2D eigenvalue weighted by Crippen LogP contribution is -2.40. The summed E-state index contributed by atoms with van der Waals surface area (Å²) < 4.78 is 20.8. The lowest BCUT2D eigenvalue weighted by molar-refractivity contribution is 0.0505. The molecule has 1 aliphatic rings. The number of piperidine rings is 1. The molecule has 3 rings (SSSR count). The Morgan fingerprint density at radius 3 is 2.48 bits per heavy atom. The van der Waals surface area contributed by atoms with Crippen LogP contribution in [0.3, 0.4) is 0 Å². The summed E-state index contributed by atoms with van der Waals surface area (Å²) in [6.45, 7) is 2.31. The Morgan fingerprint density at radius 1 is 1.13 bits per heavy atom. The normalized spacial score (nSPS) is 17.9. The fraction of sp³-hybridized carbons (Fsp3) is 0.368. The number of likely N-dealkylation sites (tertiary alicyclic amines) is 1. The molecule has 0 unspecified atom stereocenters. The molecule has 0 atom stereocenters. The van der Waals surface area contributed by atoms with Gasteiger partial charge in [-0.15, -0.1) is 0 Å². The van der Waals surface area contributed by atoms with Crippen LogP contribution in [0.2, 0.25) is 5.02 Å². The molecule has 122 valence electrons. The third-order valence-electron chi connectivity index (χ3n) is 4.54. The van der Waals surface area contributed by atoms with Gasteiger partial charge in [-0.3, -0.25) is 4.90 Å². The molecule has 0 aliphatic carbocycles. The zero-order valence-corrected chi connectivity index (χ0v) is 14.0. The first-order valence-electron chi connectivity index (χ1n) is 7.90. The quantitative estimate of drug-likeness (QED) is 0.796. The Hall–Kier alpha value is -1.58. The van der Waals surface area contributed by atoms with Crippen LogP contribution in [0.15, 0.2) is 48.5 Å². The predicted octanol–water partition coefficient (Wildman–Crippen LogP) is 4.81. The van der Waals surface area contributed by atoms with E-state index in [1.54, 1.807) is 25.3 Å². The molecular formula is C19H21ClFNO. The summed E-state index contributed by atoms with van der Waals surface area (Å²) >= 11 is 6.06. The van der Waals surface area contributed by atoms with Gasteiger partial charge >= 0.3 is 0 Å². The van der Waals surface area contributed by atoms with E-state index in [1.165, 1.54) is 5.56 Å². The molecule has 1 aliphatic heterocycles. The van der Waals surface area contributed by atoms with Crippen LogP contribution in [0.1, 0.15) is 24.0 Å². The summed E-state index contributed by atoms with van der Waals surface area (Å²) in [6.07, 6.45) is 0.910. The molecular weight excluding hydrogens is 313 g/mol. The summed E-state index contributed by atoms with van der Waals surface area (Å²) in [7, 11) is 1.57. The molecule has 1 heterocycles. The molecule has 0 saturated carbocycles. The van der Waals surface area contributed by atoms with Crippen molar-refractivity contribution in [3.63, 3.8) is 0 Å². The second kappa shape index (κ2) is 6.90. The smallest absolute Gasteiger partial charge is 0.142 e. The molecule has 1 fully saturated rings. The van der Waals surface area contributed by atoms with Crippen LogP contribution >= 0.6 is 11.6 Å². The van der Waals surface area contributed by atoms with Crippen LogP contribution in [0.5, 0.6) is 5.75 Å². The van der Waals surface area contributed by atoms with E-state index in [2.05, 4.69) is 17.0 Å². The minimum atomic E-state index is -1.37. The summed E-state index contributed by atoms with van der Waals surface area (Å²) in [4.78, 5) is 2.30. The fourth-order valence-corrected chi connectivity index (χ4v) is 3.38. The van der Waals surface area contributed by atoms with E-state index in [-0.39, 0.29) is 0 Å². The summed E-state index contributed by atoms with van der Waals surface area (Å²) in [5.41, 5.74) is 0.467. The van der Waals surface area contributed by atoms with Crippen molar-refractivity contribution in [2.24, 2.45) is 0 Å². The number of alkyl halides is 1. The molecule has 0 spiro atoms. The lowest BCUT2D eigenvalue weighted by Gasteiger charge is -2.37. The number of methoxy groups -OCH3 is 1. The van der Waals surface area contributed by atoms with E-state index in [0.717, 1.165) is 19.6 Å². The highest BCUT2D eigenvalue weighted by Gasteiger charge is 2.38.